The second-order valence-electron chi connectivity index (χ2n) is 6.29. The van der Waals surface area contributed by atoms with Crippen LogP contribution in [0.25, 0.3) is 16.7 Å². The van der Waals surface area contributed by atoms with Gasteiger partial charge in [-0.1, -0.05) is 18.2 Å². The fourth-order valence-electron chi connectivity index (χ4n) is 3.12. The van der Waals surface area contributed by atoms with Crippen molar-refractivity contribution < 1.29 is 9.72 Å². The number of hydrogen-bond donors (Lipinski definition) is 1. The number of carbonyl (C=O) groups excluding carboxylic acids is 1. The van der Waals surface area contributed by atoms with Crippen LogP contribution in [-0.4, -0.2) is 20.4 Å². The van der Waals surface area contributed by atoms with Gasteiger partial charge in [-0.25, -0.2) is 4.98 Å². The zero-order valence-corrected chi connectivity index (χ0v) is 15.0. The summed E-state index contributed by atoms with van der Waals surface area (Å²) < 4.78 is 2.05. The smallest absolute Gasteiger partial charge is 0.269 e. The lowest BCUT2D eigenvalue weighted by Gasteiger charge is -2.08. The van der Waals surface area contributed by atoms with Gasteiger partial charge in [0.2, 0.25) is 0 Å². The molecule has 1 N–H and O–H groups in total. The van der Waals surface area contributed by atoms with Crippen LogP contribution in [0.15, 0.2) is 72.8 Å². The third kappa shape index (κ3) is 3.21. The third-order valence-corrected chi connectivity index (χ3v) is 4.43. The molecule has 0 fully saturated rings. The molecular weight excluding hydrogens is 356 g/mol. The summed E-state index contributed by atoms with van der Waals surface area (Å²) >= 11 is 0. The Kier molecular flexibility index (Phi) is 4.33. The van der Waals surface area contributed by atoms with E-state index in [1.165, 1.54) is 24.3 Å². The van der Waals surface area contributed by atoms with Crippen LogP contribution in [-0.2, 0) is 0 Å². The Morgan fingerprint density at radius 2 is 1.75 bits per heavy atom. The maximum Gasteiger partial charge on any atom is 0.269 e. The molecule has 0 atom stereocenters. The summed E-state index contributed by atoms with van der Waals surface area (Å²) in [5.74, 6) is 0.508. The molecule has 0 spiro atoms. The highest BCUT2D eigenvalue weighted by Gasteiger charge is 2.12. The standard InChI is InChI=1S/C21H16N4O3/c1-14-22-19-13-16(9-12-20(19)24(14)17-5-3-2-4-6-17)23-21(26)15-7-10-18(11-8-15)25(27)28/h2-13H,1H3,(H,23,26). The summed E-state index contributed by atoms with van der Waals surface area (Å²) in [6.45, 7) is 1.93. The number of carbonyl (C=O) groups is 1. The number of amides is 1. The van der Waals surface area contributed by atoms with Crippen molar-refractivity contribution in [3.05, 3.63) is 94.3 Å². The number of nitrogens with one attached hydrogen (secondary N) is 1. The fourth-order valence-corrected chi connectivity index (χ4v) is 3.12. The van der Waals surface area contributed by atoms with E-state index in [9.17, 15) is 14.9 Å². The molecule has 0 aliphatic rings. The highest BCUT2D eigenvalue weighted by molar-refractivity contribution is 6.05. The van der Waals surface area contributed by atoms with E-state index < -0.39 is 4.92 Å². The van der Waals surface area contributed by atoms with Crippen LogP contribution in [0.3, 0.4) is 0 Å². The summed E-state index contributed by atoms with van der Waals surface area (Å²) in [6.07, 6.45) is 0. The first kappa shape index (κ1) is 17.4. The maximum atomic E-state index is 12.4. The summed E-state index contributed by atoms with van der Waals surface area (Å²) in [4.78, 5) is 27.2. The van der Waals surface area contributed by atoms with Crippen molar-refractivity contribution in [3.63, 3.8) is 0 Å². The van der Waals surface area contributed by atoms with Crippen molar-refractivity contribution in [1.29, 1.82) is 0 Å². The number of fused-ring (bicyclic) bond motifs is 1. The molecule has 0 saturated carbocycles. The van der Waals surface area contributed by atoms with Gasteiger partial charge in [0.1, 0.15) is 5.82 Å². The van der Waals surface area contributed by atoms with Crippen molar-refractivity contribution >= 4 is 28.3 Å². The number of aryl methyl sites for hydroxylation is 1. The Bertz CT molecular complexity index is 1180. The number of imidazole rings is 1. The van der Waals surface area contributed by atoms with Gasteiger partial charge in [0.15, 0.2) is 0 Å². The molecule has 1 aromatic heterocycles. The van der Waals surface area contributed by atoms with Crippen LogP contribution >= 0.6 is 0 Å². The molecule has 3 aromatic carbocycles. The minimum atomic E-state index is -0.499. The number of nitro groups is 1. The Hall–Kier alpha value is -4.00. The summed E-state index contributed by atoms with van der Waals surface area (Å²) in [5.41, 5.74) is 3.62. The van der Waals surface area contributed by atoms with Crippen LogP contribution < -0.4 is 5.32 Å². The predicted molar refractivity (Wildman–Crippen MR) is 107 cm³/mol. The van der Waals surface area contributed by atoms with Crippen LogP contribution in [0.2, 0.25) is 0 Å². The molecule has 0 radical (unpaired) electrons. The molecule has 0 unspecified atom stereocenters. The fraction of sp³-hybridized carbons (Fsp3) is 0.0476. The zero-order valence-electron chi connectivity index (χ0n) is 15.0. The monoisotopic (exact) mass is 372 g/mol. The zero-order chi connectivity index (χ0) is 19.7. The van der Waals surface area contributed by atoms with Gasteiger partial charge >= 0.3 is 0 Å². The van der Waals surface area contributed by atoms with E-state index >= 15 is 0 Å². The second-order valence-corrected chi connectivity index (χ2v) is 6.29. The Balaban J connectivity index is 1.62. The molecule has 4 aromatic rings. The van der Waals surface area contributed by atoms with Crippen molar-refractivity contribution in [2.45, 2.75) is 6.92 Å². The minimum Gasteiger partial charge on any atom is -0.322 e. The molecule has 4 rings (SSSR count). The van der Waals surface area contributed by atoms with E-state index in [1.54, 1.807) is 0 Å². The van der Waals surface area contributed by atoms with Gasteiger partial charge in [-0.15, -0.1) is 0 Å². The maximum absolute atomic E-state index is 12.4. The van der Waals surface area contributed by atoms with Crippen molar-refractivity contribution in [2.24, 2.45) is 0 Å². The molecule has 28 heavy (non-hydrogen) atoms. The molecule has 0 bridgehead atoms. The van der Waals surface area contributed by atoms with Gasteiger partial charge in [-0.05, 0) is 49.4 Å². The summed E-state index contributed by atoms with van der Waals surface area (Å²) in [5, 5.41) is 13.5. The molecule has 138 valence electrons. The van der Waals surface area contributed by atoms with Crippen LogP contribution in [0.1, 0.15) is 16.2 Å². The van der Waals surface area contributed by atoms with Crippen molar-refractivity contribution in [2.75, 3.05) is 5.32 Å². The van der Waals surface area contributed by atoms with E-state index in [2.05, 4.69) is 14.9 Å². The number of hydrogen-bond acceptors (Lipinski definition) is 4. The molecular formula is C21H16N4O3. The average molecular weight is 372 g/mol. The Morgan fingerprint density at radius 3 is 2.43 bits per heavy atom. The third-order valence-electron chi connectivity index (χ3n) is 4.43. The van der Waals surface area contributed by atoms with Crippen molar-refractivity contribution in [3.8, 4) is 5.69 Å². The molecule has 7 nitrogen and oxygen atoms in total. The molecule has 0 aliphatic carbocycles. The summed E-state index contributed by atoms with van der Waals surface area (Å²) in [7, 11) is 0. The van der Waals surface area contributed by atoms with E-state index in [1.807, 2.05) is 55.5 Å². The van der Waals surface area contributed by atoms with E-state index in [0.717, 1.165) is 22.5 Å². The predicted octanol–water partition coefficient (Wildman–Crippen LogP) is 4.49. The van der Waals surface area contributed by atoms with Crippen LogP contribution in [0.5, 0.6) is 0 Å². The Labute approximate surface area is 160 Å². The highest BCUT2D eigenvalue weighted by Crippen LogP contribution is 2.24. The van der Waals surface area contributed by atoms with Gasteiger partial charge in [0.05, 0.1) is 16.0 Å². The van der Waals surface area contributed by atoms with Gasteiger partial charge in [-0.3, -0.25) is 19.5 Å². The quantitative estimate of drug-likeness (QED) is 0.422. The number of non-ortho nitro benzene ring substituents is 1. The van der Waals surface area contributed by atoms with Gasteiger partial charge in [0, 0.05) is 29.1 Å². The summed E-state index contributed by atoms with van der Waals surface area (Å²) in [6, 6.07) is 20.9. The molecule has 1 amide bonds. The lowest BCUT2D eigenvalue weighted by Crippen LogP contribution is -2.11. The lowest BCUT2D eigenvalue weighted by molar-refractivity contribution is -0.384. The largest absolute Gasteiger partial charge is 0.322 e. The average Bonchev–Trinajstić information content (AvgIpc) is 3.03. The normalized spacial score (nSPS) is 10.8. The van der Waals surface area contributed by atoms with Crippen LogP contribution in [0.4, 0.5) is 11.4 Å². The number of para-hydroxylation sites is 1. The molecule has 0 aliphatic heterocycles. The van der Waals surface area contributed by atoms with Crippen LogP contribution in [0, 0.1) is 17.0 Å². The second kappa shape index (κ2) is 6.96. The van der Waals surface area contributed by atoms with Gasteiger partial charge in [-0.2, -0.15) is 0 Å². The Morgan fingerprint density at radius 1 is 1.04 bits per heavy atom. The highest BCUT2D eigenvalue weighted by atomic mass is 16.6. The van der Waals surface area contributed by atoms with Gasteiger partial charge < -0.3 is 5.32 Å². The number of benzene rings is 3. The van der Waals surface area contributed by atoms with E-state index in [0.29, 0.717) is 11.3 Å². The molecule has 0 saturated heterocycles. The van der Waals surface area contributed by atoms with E-state index in [4.69, 9.17) is 0 Å². The number of nitro benzene ring substituents is 1. The van der Waals surface area contributed by atoms with Gasteiger partial charge in [0.25, 0.3) is 11.6 Å². The van der Waals surface area contributed by atoms with E-state index in [-0.39, 0.29) is 11.6 Å². The number of anilines is 1. The first-order chi connectivity index (χ1) is 13.5. The number of aromatic nitrogens is 2. The first-order valence-electron chi connectivity index (χ1n) is 8.63. The topological polar surface area (TPSA) is 90.1 Å². The lowest BCUT2D eigenvalue weighted by atomic mass is 10.2. The molecule has 1 heterocycles. The SMILES string of the molecule is Cc1nc2cc(NC(=O)c3ccc([N+](=O)[O-])cc3)ccc2n1-c1ccccc1. The number of nitrogens with zero attached hydrogens (tertiary/aromatic N) is 3. The van der Waals surface area contributed by atoms with Crippen molar-refractivity contribution in [1.82, 2.24) is 9.55 Å². The first-order valence-corrected chi connectivity index (χ1v) is 8.63. The number of rotatable bonds is 4. The molecule has 7 heteroatoms. The minimum absolute atomic E-state index is 0.0557.